The Labute approximate surface area is 132 Å². The molecular weight excluding hydrogens is 284 g/mol. The van der Waals surface area contributed by atoms with Crippen LogP contribution >= 0.6 is 11.6 Å². The van der Waals surface area contributed by atoms with E-state index >= 15 is 0 Å². The summed E-state index contributed by atoms with van der Waals surface area (Å²) in [5, 5.41) is 14.7. The number of para-hydroxylation sites is 1. The van der Waals surface area contributed by atoms with Gasteiger partial charge in [0.2, 0.25) is 0 Å². The summed E-state index contributed by atoms with van der Waals surface area (Å²) >= 11 is 6.49. The van der Waals surface area contributed by atoms with Crippen molar-refractivity contribution in [2.75, 3.05) is 18.0 Å². The second-order valence-corrected chi connectivity index (χ2v) is 7.15. The van der Waals surface area contributed by atoms with Crippen molar-refractivity contribution < 1.29 is 5.11 Å². The predicted molar refractivity (Wildman–Crippen MR) is 88.0 cm³/mol. The highest BCUT2D eigenvalue weighted by Gasteiger charge is 2.27. The van der Waals surface area contributed by atoms with Crippen LogP contribution < -0.4 is 10.2 Å². The minimum Gasteiger partial charge on any atom is -0.390 e. The Balaban J connectivity index is 1.78. The third kappa shape index (κ3) is 3.91. The fourth-order valence-corrected chi connectivity index (χ4v) is 3.40. The van der Waals surface area contributed by atoms with Gasteiger partial charge in [0.1, 0.15) is 0 Å². The topological polar surface area (TPSA) is 35.5 Å². The number of anilines is 1. The van der Waals surface area contributed by atoms with Crippen molar-refractivity contribution in [3.05, 3.63) is 28.8 Å². The molecule has 116 valence electrons. The first kappa shape index (κ1) is 15.1. The summed E-state index contributed by atoms with van der Waals surface area (Å²) in [6, 6.07) is 6.87. The average molecular weight is 309 g/mol. The lowest BCUT2D eigenvalue weighted by Crippen LogP contribution is -2.29. The van der Waals surface area contributed by atoms with Crippen LogP contribution in [0.25, 0.3) is 0 Å². The van der Waals surface area contributed by atoms with Gasteiger partial charge in [0.25, 0.3) is 0 Å². The standard InChI is InChI=1S/C17H25ClN2O/c1-17(21)8-3-10-20(11-9-17)16-13(4-2-5-15(16)18)12-19-14-6-7-14/h2,4-5,14,19,21H,3,6-12H2,1H3. The van der Waals surface area contributed by atoms with Crippen molar-refractivity contribution in [2.45, 2.75) is 57.2 Å². The van der Waals surface area contributed by atoms with Crippen LogP contribution in [-0.4, -0.2) is 29.8 Å². The van der Waals surface area contributed by atoms with E-state index < -0.39 is 5.60 Å². The van der Waals surface area contributed by atoms with Crippen molar-refractivity contribution in [3.63, 3.8) is 0 Å². The molecule has 0 spiro atoms. The Kier molecular flexibility index (Phi) is 4.43. The highest BCUT2D eigenvalue weighted by molar-refractivity contribution is 6.33. The molecule has 1 saturated heterocycles. The number of rotatable bonds is 4. The third-order valence-corrected chi connectivity index (χ3v) is 4.91. The van der Waals surface area contributed by atoms with Crippen LogP contribution in [-0.2, 0) is 6.54 Å². The molecule has 1 aromatic rings. The van der Waals surface area contributed by atoms with Crippen LogP contribution in [0.1, 0.15) is 44.6 Å². The van der Waals surface area contributed by atoms with Gasteiger partial charge in [0.15, 0.2) is 0 Å². The minimum atomic E-state index is -0.539. The van der Waals surface area contributed by atoms with Gasteiger partial charge >= 0.3 is 0 Å². The van der Waals surface area contributed by atoms with Crippen molar-refractivity contribution >= 4 is 17.3 Å². The third-order valence-electron chi connectivity index (χ3n) is 4.61. The maximum absolute atomic E-state index is 10.3. The summed E-state index contributed by atoms with van der Waals surface area (Å²) in [7, 11) is 0. The van der Waals surface area contributed by atoms with Crippen molar-refractivity contribution in [1.29, 1.82) is 0 Å². The van der Waals surface area contributed by atoms with Crippen LogP contribution in [0, 0.1) is 0 Å². The number of hydrogen-bond donors (Lipinski definition) is 2. The zero-order valence-corrected chi connectivity index (χ0v) is 13.5. The summed E-state index contributed by atoms with van der Waals surface area (Å²) in [4.78, 5) is 2.35. The summed E-state index contributed by atoms with van der Waals surface area (Å²) in [5.74, 6) is 0. The van der Waals surface area contributed by atoms with Crippen molar-refractivity contribution in [2.24, 2.45) is 0 Å². The van der Waals surface area contributed by atoms with Gasteiger partial charge in [0.05, 0.1) is 16.3 Å². The van der Waals surface area contributed by atoms with E-state index in [2.05, 4.69) is 16.3 Å². The van der Waals surface area contributed by atoms with Crippen molar-refractivity contribution in [1.82, 2.24) is 5.32 Å². The number of nitrogens with one attached hydrogen (secondary N) is 1. The largest absolute Gasteiger partial charge is 0.390 e. The van der Waals surface area contributed by atoms with Crippen LogP contribution in [0.3, 0.4) is 0 Å². The molecule has 0 radical (unpaired) electrons. The number of hydrogen-bond acceptors (Lipinski definition) is 3. The lowest BCUT2D eigenvalue weighted by Gasteiger charge is -2.27. The van der Waals surface area contributed by atoms with Gasteiger partial charge in [-0.05, 0) is 50.7 Å². The lowest BCUT2D eigenvalue weighted by molar-refractivity contribution is 0.0481. The van der Waals surface area contributed by atoms with E-state index in [1.807, 2.05) is 19.1 Å². The first-order valence-corrected chi connectivity index (χ1v) is 8.41. The molecule has 4 heteroatoms. The Morgan fingerprint density at radius 2 is 2.14 bits per heavy atom. The number of aliphatic hydroxyl groups is 1. The summed E-state index contributed by atoms with van der Waals surface area (Å²) in [6.45, 7) is 4.66. The maximum Gasteiger partial charge on any atom is 0.0642 e. The zero-order chi connectivity index (χ0) is 14.9. The molecule has 1 aliphatic carbocycles. The molecule has 1 saturated carbocycles. The Bertz CT molecular complexity index is 500. The van der Waals surface area contributed by atoms with Gasteiger partial charge in [-0.1, -0.05) is 23.7 Å². The summed E-state index contributed by atoms with van der Waals surface area (Å²) in [5.41, 5.74) is 1.89. The highest BCUT2D eigenvalue weighted by atomic mass is 35.5. The molecule has 3 rings (SSSR count). The van der Waals surface area contributed by atoms with Gasteiger partial charge < -0.3 is 15.3 Å². The second-order valence-electron chi connectivity index (χ2n) is 6.74. The molecule has 1 aliphatic heterocycles. The van der Waals surface area contributed by atoms with Crippen LogP contribution in [0.5, 0.6) is 0 Å². The predicted octanol–water partition coefficient (Wildman–Crippen LogP) is 3.33. The lowest BCUT2D eigenvalue weighted by atomic mass is 9.98. The van der Waals surface area contributed by atoms with E-state index in [1.54, 1.807) is 0 Å². The van der Waals surface area contributed by atoms with E-state index in [-0.39, 0.29) is 0 Å². The number of benzene rings is 1. The van der Waals surface area contributed by atoms with E-state index in [0.717, 1.165) is 49.6 Å². The Morgan fingerprint density at radius 1 is 1.33 bits per heavy atom. The summed E-state index contributed by atoms with van der Waals surface area (Å²) < 4.78 is 0. The fraction of sp³-hybridized carbons (Fsp3) is 0.647. The van der Waals surface area contributed by atoms with E-state index in [0.29, 0.717) is 6.04 Å². The van der Waals surface area contributed by atoms with Gasteiger partial charge in [-0.15, -0.1) is 0 Å². The molecule has 2 fully saturated rings. The van der Waals surface area contributed by atoms with E-state index in [4.69, 9.17) is 11.6 Å². The first-order chi connectivity index (χ1) is 10.1. The number of nitrogens with zero attached hydrogens (tertiary/aromatic N) is 1. The van der Waals surface area contributed by atoms with Crippen LogP contribution in [0.4, 0.5) is 5.69 Å². The molecule has 1 aromatic carbocycles. The van der Waals surface area contributed by atoms with Gasteiger partial charge in [-0.25, -0.2) is 0 Å². The fourth-order valence-electron chi connectivity index (χ4n) is 3.09. The number of halogens is 1. The molecule has 2 aliphatic rings. The summed E-state index contributed by atoms with van der Waals surface area (Å²) in [6.07, 6.45) is 5.26. The monoisotopic (exact) mass is 308 g/mol. The smallest absolute Gasteiger partial charge is 0.0642 e. The molecule has 21 heavy (non-hydrogen) atoms. The molecule has 1 heterocycles. The maximum atomic E-state index is 10.3. The van der Waals surface area contributed by atoms with Gasteiger partial charge in [-0.3, -0.25) is 0 Å². The normalized spacial score (nSPS) is 26.7. The Hall–Kier alpha value is -0.770. The van der Waals surface area contributed by atoms with E-state index in [9.17, 15) is 5.11 Å². The van der Waals surface area contributed by atoms with Gasteiger partial charge in [-0.2, -0.15) is 0 Å². The van der Waals surface area contributed by atoms with Gasteiger partial charge in [0, 0.05) is 25.7 Å². The average Bonchev–Trinajstić information content (AvgIpc) is 3.25. The van der Waals surface area contributed by atoms with Crippen LogP contribution in [0.2, 0.25) is 5.02 Å². The molecule has 2 N–H and O–H groups in total. The quantitative estimate of drug-likeness (QED) is 0.895. The van der Waals surface area contributed by atoms with Crippen LogP contribution in [0.15, 0.2) is 18.2 Å². The molecule has 1 unspecified atom stereocenters. The minimum absolute atomic E-state index is 0.539. The molecule has 0 bridgehead atoms. The van der Waals surface area contributed by atoms with E-state index in [1.165, 1.54) is 18.4 Å². The Morgan fingerprint density at radius 3 is 2.90 bits per heavy atom. The second kappa shape index (κ2) is 6.15. The first-order valence-electron chi connectivity index (χ1n) is 8.03. The molecule has 3 nitrogen and oxygen atoms in total. The molecule has 1 atom stereocenters. The highest BCUT2D eigenvalue weighted by Crippen LogP contribution is 2.34. The SMILES string of the molecule is CC1(O)CCCN(c2c(Cl)cccc2CNC2CC2)CC1. The van der Waals surface area contributed by atoms with Crippen molar-refractivity contribution in [3.8, 4) is 0 Å². The molecule has 0 aromatic heterocycles. The molecular formula is C17H25ClN2O. The molecule has 0 amide bonds. The zero-order valence-electron chi connectivity index (χ0n) is 12.7.